The van der Waals surface area contributed by atoms with E-state index in [-0.39, 0.29) is 0 Å². The highest BCUT2D eigenvalue weighted by Crippen LogP contribution is 2.52. The van der Waals surface area contributed by atoms with Crippen LogP contribution >= 0.6 is 11.9 Å². The minimum absolute atomic E-state index is 0.293. The largest absolute Gasteiger partial charge is 0.254 e. The maximum Gasteiger partial charge on any atom is 0.0532 e. The lowest BCUT2D eigenvalue weighted by Crippen LogP contribution is -2.22. The molecule has 0 unspecified atom stereocenters. The summed E-state index contributed by atoms with van der Waals surface area (Å²) in [6.45, 7) is 2.32. The highest BCUT2D eigenvalue weighted by atomic mass is 32.2. The Balaban J connectivity index is 1.81. The van der Waals surface area contributed by atoms with Crippen LogP contribution in [0.1, 0.15) is 50.2 Å². The summed E-state index contributed by atoms with van der Waals surface area (Å²) in [5.41, 5.74) is 3.87. The lowest BCUT2D eigenvalue weighted by molar-refractivity contribution is 0.656. The van der Waals surface area contributed by atoms with Crippen LogP contribution in [0.4, 0.5) is 0 Å². The quantitative estimate of drug-likeness (QED) is 0.790. The predicted octanol–water partition coefficient (Wildman–Crippen LogP) is 3.98. The molecule has 1 N–H and O–H groups in total. The van der Waals surface area contributed by atoms with Crippen LogP contribution in [-0.2, 0) is 11.0 Å². The van der Waals surface area contributed by atoms with Gasteiger partial charge in [0.05, 0.1) is 5.54 Å². The van der Waals surface area contributed by atoms with Crippen LogP contribution in [-0.4, -0.2) is 6.26 Å². The maximum absolute atomic E-state index is 3.55. The lowest BCUT2D eigenvalue weighted by Gasteiger charge is -2.18. The van der Waals surface area contributed by atoms with Crippen molar-refractivity contribution < 1.29 is 0 Å². The van der Waals surface area contributed by atoms with E-state index in [2.05, 4.69) is 42.2 Å². The van der Waals surface area contributed by atoms with Crippen molar-refractivity contribution >= 4 is 11.9 Å². The molecule has 1 aromatic rings. The number of hydrogen-bond acceptors (Lipinski definition) is 2. The molecular formula is C15H21NS. The molecule has 2 aliphatic carbocycles. The first-order valence-electron chi connectivity index (χ1n) is 6.66. The molecule has 0 aliphatic heterocycles. The standard InChI is InChI=1S/C15H21NS/c1-3-14(8-9-14)12-4-6-13(7-5-12)15(10-11-15)16-17-2/h4-7,16H,3,8-11H2,1-2H3. The minimum Gasteiger partial charge on any atom is -0.254 e. The number of hydrogen-bond donors (Lipinski definition) is 1. The Bertz CT molecular complexity index is 401. The highest BCUT2D eigenvalue weighted by molar-refractivity contribution is 7.96. The molecule has 2 fully saturated rings. The molecule has 2 heteroatoms. The Labute approximate surface area is 109 Å². The monoisotopic (exact) mass is 247 g/mol. The van der Waals surface area contributed by atoms with Crippen molar-refractivity contribution in [2.45, 2.75) is 50.0 Å². The molecule has 1 nitrogen and oxygen atoms in total. The molecule has 17 heavy (non-hydrogen) atoms. The first-order chi connectivity index (χ1) is 8.25. The molecule has 0 amide bonds. The van der Waals surface area contributed by atoms with E-state index in [1.54, 1.807) is 17.5 Å². The first kappa shape index (κ1) is 11.6. The molecule has 0 heterocycles. The molecule has 2 aliphatic rings. The van der Waals surface area contributed by atoms with Crippen LogP contribution in [0, 0.1) is 0 Å². The van der Waals surface area contributed by atoms with Crippen LogP contribution < -0.4 is 4.72 Å². The van der Waals surface area contributed by atoms with Gasteiger partial charge in [-0.2, -0.15) is 0 Å². The highest BCUT2D eigenvalue weighted by Gasteiger charge is 2.45. The molecule has 92 valence electrons. The Morgan fingerprint density at radius 1 is 1.06 bits per heavy atom. The topological polar surface area (TPSA) is 12.0 Å². The van der Waals surface area contributed by atoms with Crippen LogP contribution in [0.15, 0.2) is 24.3 Å². The third-order valence-corrected chi connectivity index (χ3v) is 5.22. The molecule has 2 saturated carbocycles. The van der Waals surface area contributed by atoms with Crippen molar-refractivity contribution in [3.63, 3.8) is 0 Å². The van der Waals surface area contributed by atoms with Gasteiger partial charge >= 0.3 is 0 Å². The zero-order valence-electron chi connectivity index (χ0n) is 10.8. The van der Waals surface area contributed by atoms with E-state index in [1.165, 1.54) is 37.7 Å². The second-order valence-electron chi connectivity index (χ2n) is 5.60. The van der Waals surface area contributed by atoms with Gasteiger partial charge in [-0.25, -0.2) is 0 Å². The van der Waals surface area contributed by atoms with Crippen molar-refractivity contribution in [2.75, 3.05) is 6.26 Å². The maximum atomic E-state index is 3.55. The van der Waals surface area contributed by atoms with E-state index in [1.807, 2.05) is 0 Å². The summed E-state index contributed by atoms with van der Waals surface area (Å²) in [6, 6.07) is 9.43. The van der Waals surface area contributed by atoms with Gasteiger partial charge < -0.3 is 0 Å². The van der Waals surface area contributed by atoms with Crippen molar-refractivity contribution in [1.82, 2.24) is 4.72 Å². The average molecular weight is 247 g/mol. The summed E-state index contributed by atoms with van der Waals surface area (Å²) in [6.07, 6.45) is 8.75. The molecule has 0 spiro atoms. The summed E-state index contributed by atoms with van der Waals surface area (Å²) < 4.78 is 3.55. The molecular weight excluding hydrogens is 226 g/mol. The van der Waals surface area contributed by atoms with Gasteiger partial charge in [-0.3, -0.25) is 4.72 Å². The Hall–Kier alpha value is -0.470. The molecule has 0 aromatic heterocycles. The SMILES string of the molecule is CCC1(c2ccc(C3(NSC)CC3)cc2)CC1. The van der Waals surface area contributed by atoms with Gasteiger partial charge in [0.1, 0.15) is 0 Å². The van der Waals surface area contributed by atoms with Crippen LogP contribution in [0.2, 0.25) is 0 Å². The van der Waals surface area contributed by atoms with Gasteiger partial charge in [-0.15, -0.1) is 0 Å². The van der Waals surface area contributed by atoms with Crippen molar-refractivity contribution in [1.29, 1.82) is 0 Å². The van der Waals surface area contributed by atoms with Crippen LogP contribution in [0.25, 0.3) is 0 Å². The smallest absolute Gasteiger partial charge is 0.0532 e. The minimum atomic E-state index is 0.293. The second-order valence-corrected chi connectivity index (χ2v) is 6.21. The average Bonchev–Trinajstić information content (AvgIpc) is 3.26. The van der Waals surface area contributed by atoms with E-state index >= 15 is 0 Å². The van der Waals surface area contributed by atoms with Crippen molar-refractivity contribution in [2.24, 2.45) is 0 Å². The van der Waals surface area contributed by atoms with Gasteiger partial charge in [-0.1, -0.05) is 43.1 Å². The Kier molecular flexibility index (Phi) is 2.75. The van der Waals surface area contributed by atoms with Gasteiger partial charge in [0.15, 0.2) is 0 Å². The number of rotatable bonds is 5. The fourth-order valence-electron chi connectivity index (χ4n) is 2.91. The van der Waals surface area contributed by atoms with E-state index < -0.39 is 0 Å². The van der Waals surface area contributed by atoms with Crippen molar-refractivity contribution in [3.8, 4) is 0 Å². The molecule has 0 bridgehead atoms. The van der Waals surface area contributed by atoms with Gasteiger partial charge in [0.2, 0.25) is 0 Å². The number of nitrogens with one attached hydrogen (secondary N) is 1. The lowest BCUT2D eigenvalue weighted by atomic mass is 9.91. The van der Waals surface area contributed by atoms with E-state index in [9.17, 15) is 0 Å². The molecule has 3 rings (SSSR count). The Morgan fingerprint density at radius 3 is 2.06 bits per heavy atom. The summed E-state index contributed by atoms with van der Waals surface area (Å²) in [5, 5.41) is 0. The summed E-state index contributed by atoms with van der Waals surface area (Å²) >= 11 is 1.74. The zero-order chi connectivity index (χ0) is 11.9. The molecule has 1 aromatic carbocycles. The molecule has 0 radical (unpaired) electrons. The van der Waals surface area contributed by atoms with E-state index in [0.717, 1.165) is 0 Å². The zero-order valence-corrected chi connectivity index (χ0v) is 11.6. The van der Waals surface area contributed by atoms with Gasteiger partial charge in [-0.05, 0) is 54.9 Å². The summed E-state index contributed by atoms with van der Waals surface area (Å²) in [4.78, 5) is 0. The molecule has 0 atom stereocenters. The van der Waals surface area contributed by atoms with Gasteiger partial charge in [0.25, 0.3) is 0 Å². The van der Waals surface area contributed by atoms with Gasteiger partial charge in [0, 0.05) is 0 Å². The second kappa shape index (κ2) is 4.03. The van der Waals surface area contributed by atoms with Crippen LogP contribution in [0.3, 0.4) is 0 Å². The predicted molar refractivity (Wildman–Crippen MR) is 75.2 cm³/mol. The normalized spacial score (nSPS) is 23.4. The van der Waals surface area contributed by atoms with Crippen molar-refractivity contribution in [3.05, 3.63) is 35.4 Å². The number of benzene rings is 1. The fourth-order valence-corrected chi connectivity index (χ4v) is 3.62. The molecule has 0 saturated heterocycles. The third-order valence-electron chi connectivity index (χ3n) is 4.63. The first-order valence-corrected chi connectivity index (χ1v) is 7.88. The summed E-state index contributed by atoms with van der Waals surface area (Å²) in [5.74, 6) is 0. The third kappa shape index (κ3) is 1.92. The Morgan fingerprint density at radius 2 is 1.65 bits per heavy atom. The van der Waals surface area contributed by atoms with Crippen LogP contribution in [0.5, 0.6) is 0 Å². The van der Waals surface area contributed by atoms with E-state index in [0.29, 0.717) is 11.0 Å². The van der Waals surface area contributed by atoms with E-state index in [4.69, 9.17) is 0 Å². The summed E-state index contributed by atoms with van der Waals surface area (Å²) in [7, 11) is 0. The fraction of sp³-hybridized carbons (Fsp3) is 0.600.